The van der Waals surface area contributed by atoms with E-state index in [1.807, 2.05) is 0 Å². The van der Waals surface area contributed by atoms with Crippen LogP contribution >= 0.6 is 15.9 Å². The van der Waals surface area contributed by atoms with E-state index in [0.29, 0.717) is 6.04 Å². The van der Waals surface area contributed by atoms with Gasteiger partial charge < -0.3 is 5.32 Å². The van der Waals surface area contributed by atoms with Gasteiger partial charge >= 0.3 is 0 Å². The molecule has 0 radical (unpaired) electrons. The number of hydrogen-bond acceptors (Lipinski definition) is 1. The highest BCUT2D eigenvalue weighted by Gasteiger charge is 2.21. The molecule has 2 heteroatoms. The molecule has 2 unspecified atom stereocenters. The molecule has 1 saturated carbocycles. The van der Waals surface area contributed by atoms with Crippen molar-refractivity contribution in [2.24, 2.45) is 5.92 Å². The number of benzene rings is 1. The monoisotopic (exact) mass is 281 g/mol. The van der Waals surface area contributed by atoms with E-state index in [1.165, 1.54) is 35.0 Å². The molecule has 2 rings (SSSR count). The standard InChI is InChI=1S/C14H20BrN/c1-3-11-9-12(15)5-7-14(11)16-13-6-4-10(2)8-13/h5,7,9-10,13,16H,3-4,6,8H2,1-2H3. The number of rotatable bonds is 3. The Hall–Kier alpha value is -0.500. The molecular weight excluding hydrogens is 262 g/mol. The van der Waals surface area contributed by atoms with E-state index in [4.69, 9.17) is 0 Å². The molecule has 88 valence electrons. The minimum absolute atomic E-state index is 0.682. The molecule has 1 nitrogen and oxygen atoms in total. The van der Waals surface area contributed by atoms with Crippen molar-refractivity contribution in [1.29, 1.82) is 0 Å². The van der Waals surface area contributed by atoms with Gasteiger partial charge in [0.05, 0.1) is 0 Å². The predicted molar refractivity (Wildman–Crippen MR) is 73.9 cm³/mol. The third-order valence-corrected chi connectivity index (χ3v) is 4.00. The topological polar surface area (TPSA) is 12.0 Å². The largest absolute Gasteiger partial charge is 0.382 e. The summed E-state index contributed by atoms with van der Waals surface area (Å²) in [5.74, 6) is 0.887. The van der Waals surface area contributed by atoms with Crippen LogP contribution in [0.1, 0.15) is 38.7 Å². The van der Waals surface area contributed by atoms with Crippen LogP contribution in [0.15, 0.2) is 22.7 Å². The minimum Gasteiger partial charge on any atom is -0.382 e. The molecule has 1 aromatic rings. The minimum atomic E-state index is 0.682. The maximum Gasteiger partial charge on any atom is 0.0375 e. The summed E-state index contributed by atoms with van der Waals surface area (Å²) in [5.41, 5.74) is 2.73. The summed E-state index contributed by atoms with van der Waals surface area (Å²) in [7, 11) is 0. The number of aryl methyl sites for hydroxylation is 1. The lowest BCUT2D eigenvalue weighted by Crippen LogP contribution is -2.16. The highest BCUT2D eigenvalue weighted by atomic mass is 79.9. The molecule has 1 aliphatic carbocycles. The highest BCUT2D eigenvalue weighted by Crippen LogP contribution is 2.29. The van der Waals surface area contributed by atoms with Crippen molar-refractivity contribution in [2.45, 2.75) is 45.6 Å². The van der Waals surface area contributed by atoms with E-state index in [0.717, 1.165) is 12.3 Å². The Kier molecular flexibility index (Phi) is 3.91. The van der Waals surface area contributed by atoms with Gasteiger partial charge in [-0.15, -0.1) is 0 Å². The normalized spacial score (nSPS) is 24.7. The molecule has 0 spiro atoms. The Morgan fingerprint density at radius 3 is 2.81 bits per heavy atom. The Balaban J connectivity index is 2.08. The van der Waals surface area contributed by atoms with Crippen molar-refractivity contribution in [3.8, 4) is 0 Å². The van der Waals surface area contributed by atoms with Gasteiger partial charge in [0.15, 0.2) is 0 Å². The lowest BCUT2D eigenvalue weighted by Gasteiger charge is -2.17. The Labute approximate surface area is 107 Å². The van der Waals surface area contributed by atoms with Gasteiger partial charge in [-0.2, -0.15) is 0 Å². The zero-order valence-corrected chi connectivity index (χ0v) is 11.7. The van der Waals surface area contributed by atoms with Crippen LogP contribution in [0.4, 0.5) is 5.69 Å². The second-order valence-corrected chi connectivity index (χ2v) is 5.83. The lowest BCUT2D eigenvalue weighted by atomic mass is 10.1. The fourth-order valence-corrected chi connectivity index (χ4v) is 2.96. The van der Waals surface area contributed by atoms with Crippen molar-refractivity contribution in [1.82, 2.24) is 0 Å². The summed E-state index contributed by atoms with van der Waals surface area (Å²) < 4.78 is 1.18. The fourth-order valence-electron chi connectivity index (χ4n) is 2.55. The van der Waals surface area contributed by atoms with Crippen LogP contribution in [0.3, 0.4) is 0 Å². The van der Waals surface area contributed by atoms with Gasteiger partial charge in [-0.05, 0) is 55.4 Å². The Morgan fingerprint density at radius 1 is 1.38 bits per heavy atom. The van der Waals surface area contributed by atoms with Gasteiger partial charge in [0, 0.05) is 16.2 Å². The van der Waals surface area contributed by atoms with Crippen molar-refractivity contribution in [3.63, 3.8) is 0 Å². The Bertz CT molecular complexity index is 362. The van der Waals surface area contributed by atoms with E-state index in [-0.39, 0.29) is 0 Å². The molecule has 0 amide bonds. The average molecular weight is 282 g/mol. The van der Waals surface area contributed by atoms with Gasteiger partial charge in [-0.25, -0.2) is 0 Å². The Morgan fingerprint density at radius 2 is 2.19 bits per heavy atom. The summed E-state index contributed by atoms with van der Waals surface area (Å²) in [6, 6.07) is 7.23. The molecular formula is C14H20BrN. The zero-order valence-electron chi connectivity index (χ0n) is 10.1. The smallest absolute Gasteiger partial charge is 0.0375 e. The average Bonchev–Trinajstić information content (AvgIpc) is 2.67. The van der Waals surface area contributed by atoms with Crippen LogP contribution in [0.5, 0.6) is 0 Å². The lowest BCUT2D eigenvalue weighted by molar-refractivity contribution is 0.602. The molecule has 1 aromatic carbocycles. The van der Waals surface area contributed by atoms with E-state index < -0.39 is 0 Å². The summed E-state index contributed by atoms with van der Waals surface area (Å²) in [5, 5.41) is 3.70. The molecule has 0 heterocycles. The van der Waals surface area contributed by atoms with Crippen molar-refractivity contribution >= 4 is 21.6 Å². The molecule has 2 atom stereocenters. The van der Waals surface area contributed by atoms with Crippen LogP contribution in [-0.2, 0) is 6.42 Å². The van der Waals surface area contributed by atoms with Crippen LogP contribution < -0.4 is 5.32 Å². The van der Waals surface area contributed by atoms with E-state index >= 15 is 0 Å². The number of anilines is 1. The van der Waals surface area contributed by atoms with E-state index in [9.17, 15) is 0 Å². The van der Waals surface area contributed by atoms with Crippen LogP contribution in [0, 0.1) is 5.92 Å². The molecule has 16 heavy (non-hydrogen) atoms. The van der Waals surface area contributed by atoms with Gasteiger partial charge in [0.1, 0.15) is 0 Å². The summed E-state index contributed by atoms with van der Waals surface area (Å²) in [6.45, 7) is 4.56. The first-order chi connectivity index (χ1) is 7.69. The summed E-state index contributed by atoms with van der Waals surface area (Å²) in [6.07, 6.45) is 5.10. The SMILES string of the molecule is CCc1cc(Br)ccc1NC1CCC(C)C1. The molecule has 1 aliphatic rings. The maximum atomic E-state index is 3.70. The van der Waals surface area contributed by atoms with E-state index in [1.54, 1.807) is 0 Å². The summed E-state index contributed by atoms with van der Waals surface area (Å²) >= 11 is 3.53. The first kappa shape index (κ1) is 12.0. The molecule has 0 bridgehead atoms. The first-order valence-corrected chi connectivity index (χ1v) is 7.03. The number of halogens is 1. The molecule has 0 aromatic heterocycles. The van der Waals surface area contributed by atoms with Crippen molar-refractivity contribution in [3.05, 3.63) is 28.2 Å². The molecule has 0 saturated heterocycles. The number of nitrogens with one attached hydrogen (secondary N) is 1. The van der Waals surface area contributed by atoms with Crippen molar-refractivity contribution < 1.29 is 0 Å². The van der Waals surface area contributed by atoms with Gasteiger partial charge in [0.25, 0.3) is 0 Å². The molecule has 0 aliphatic heterocycles. The van der Waals surface area contributed by atoms with E-state index in [2.05, 4.69) is 53.3 Å². The molecule has 1 N–H and O–H groups in total. The highest BCUT2D eigenvalue weighted by molar-refractivity contribution is 9.10. The van der Waals surface area contributed by atoms with Gasteiger partial charge in [-0.1, -0.05) is 29.8 Å². The maximum absolute atomic E-state index is 3.70. The first-order valence-electron chi connectivity index (χ1n) is 6.24. The molecule has 1 fully saturated rings. The quantitative estimate of drug-likeness (QED) is 0.853. The van der Waals surface area contributed by atoms with Gasteiger partial charge in [-0.3, -0.25) is 0 Å². The van der Waals surface area contributed by atoms with Crippen LogP contribution in [0.2, 0.25) is 0 Å². The van der Waals surface area contributed by atoms with Gasteiger partial charge in [0.2, 0.25) is 0 Å². The third kappa shape index (κ3) is 2.79. The van der Waals surface area contributed by atoms with Crippen molar-refractivity contribution in [2.75, 3.05) is 5.32 Å². The van der Waals surface area contributed by atoms with Crippen LogP contribution in [-0.4, -0.2) is 6.04 Å². The third-order valence-electron chi connectivity index (χ3n) is 3.50. The fraction of sp³-hybridized carbons (Fsp3) is 0.571. The summed E-state index contributed by atoms with van der Waals surface area (Å²) in [4.78, 5) is 0. The predicted octanol–water partition coefficient (Wildman–Crippen LogP) is 4.61. The second-order valence-electron chi connectivity index (χ2n) is 4.91. The second kappa shape index (κ2) is 5.22. The zero-order chi connectivity index (χ0) is 11.5. The number of hydrogen-bond donors (Lipinski definition) is 1. The van der Waals surface area contributed by atoms with Crippen LogP contribution in [0.25, 0.3) is 0 Å².